The van der Waals surface area contributed by atoms with Crippen LogP contribution in [0.15, 0.2) is 65.6 Å². The van der Waals surface area contributed by atoms with Gasteiger partial charge in [0.1, 0.15) is 0 Å². The summed E-state index contributed by atoms with van der Waals surface area (Å²) < 4.78 is 28.9. The molecule has 3 aromatic carbocycles. The number of carbonyl (C=O) groups is 1. The number of hydrogen-bond acceptors (Lipinski definition) is 3. The number of hydrogen-bond donors (Lipinski definition) is 1. The van der Waals surface area contributed by atoms with Crippen molar-refractivity contribution < 1.29 is 13.2 Å². The average molecular weight is 437 g/mol. The van der Waals surface area contributed by atoms with Gasteiger partial charge in [-0.3, -0.25) is 9.52 Å². The first-order valence-corrected chi connectivity index (χ1v) is 11.6. The molecule has 3 aromatic rings. The van der Waals surface area contributed by atoms with Crippen molar-refractivity contribution >= 4 is 21.6 Å². The molecule has 0 aliphatic heterocycles. The van der Waals surface area contributed by atoms with Gasteiger partial charge in [-0.25, -0.2) is 8.42 Å². The van der Waals surface area contributed by atoms with Gasteiger partial charge in [-0.1, -0.05) is 48.0 Å². The van der Waals surface area contributed by atoms with Crippen LogP contribution in [0.4, 0.5) is 5.69 Å². The molecule has 5 nitrogen and oxygen atoms in total. The Kier molecular flexibility index (Phi) is 6.51. The summed E-state index contributed by atoms with van der Waals surface area (Å²) in [5.74, 6) is -0.233. The van der Waals surface area contributed by atoms with Gasteiger partial charge in [-0.2, -0.15) is 0 Å². The molecule has 0 spiro atoms. The number of sulfonamides is 1. The van der Waals surface area contributed by atoms with Gasteiger partial charge in [-0.05, 0) is 68.1 Å². The quantitative estimate of drug-likeness (QED) is 0.592. The van der Waals surface area contributed by atoms with Gasteiger partial charge in [-0.15, -0.1) is 0 Å². The molecule has 0 saturated carbocycles. The van der Waals surface area contributed by atoms with Gasteiger partial charge in [0, 0.05) is 19.2 Å². The zero-order valence-electron chi connectivity index (χ0n) is 18.6. The van der Waals surface area contributed by atoms with Crippen LogP contribution in [0.1, 0.15) is 38.2 Å². The van der Waals surface area contributed by atoms with Crippen molar-refractivity contribution in [3.63, 3.8) is 0 Å². The van der Waals surface area contributed by atoms with Crippen LogP contribution in [0.3, 0.4) is 0 Å². The Labute approximate surface area is 184 Å². The van der Waals surface area contributed by atoms with Gasteiger partial charge < -0.3 is 4.90 Å². The Morgan fingerprint density at radius 1 is 0.903 bits per heavy atom. The number of rotatable bonds is 6. The number of amides is 1. The van der Waals surface area contributed by atoms with Crippen molar-refractivity contribution in [3.05, 3.63) is 94.0 Å². The highest BCUT2D eigenvalue weighted by atomic mass is 32.2. The Morgan fingerprint density at radius 3 is 2.26 bits per heavy atom. The summed E-state index contributed by atoms with van der Waals surface area (Å²) in [7, 11) is -2.14. The second-order valence-corrected chi connectivity index (χ2v) is 9.63. The highest BCUT2D eigenvalue weighted by Crippen LogP contribution is 2.25. The molecule has 0 aromatic heterocycles. The molecule has 0 aliphatic carbocycles. The number of carbonyl (C=O) groups excluding carboxylic acids is 1. The number of anilines is 1. The molecule has 0 bridgehead atoms. The summed E-state index contributed by atoms with van der Waals surface area (Å²) in [5.41, 5.74) is 5.48. The molecule has 3 rings (SSSR count). The maximum absolute atomic E-state index is 13.1. The fourth-order valence-electron chi connectivity index (χ4n) is 3.34. The zero-order chi connectivity index (χ0) is 22.8. The van der Waals surface area contributed by atoms with Gasteiger partial charge in [0.2, 0.25) is 0 Å². The monoisotopic (exact) mass is 436 g/mol. The first-order chi connectivity index (χ1) is 14.6. The minimum Gasteiger partial charge on any atom is -0.337 e. The maximum atomic E-state index is 13.1. The van der Waals surface area contributed by atoms with Crippen LogP contribution in [-0.2, 0) is 16.6 Å². The molecule has 1 amide bonds. The molecular weight excluding hydrogens is 408 g/mol. The average Bonchev–Trinajstić information content (AvgIpc) is 2.72. The highest BCUT2D eigenvalue weighted by Gasteiger charge is 2.21. The molecular formula is C25H28N2O3S. The van der Waals surface area contributed by atoms with E-state index in [0.717, 1.165) is 22.3 Å². The number of aryl methyl sites for hydroxylation is 3. The predicted molar refractivity (Wildman–Crippen MR) is 125 cm³/mol. The first-order valence-electron chi connectivity index (χ1n) is 10.1. The van der Waals surface area contributed by atoms with Gasteiger partial charge in [0.25, 0.3) is 15.9 Å². The third-order valence-corrected chi connectivity index (χ3v) is 6.97. The molecule has 0 radical (unpaired) electrons. The van der Waals surface area contributed by atoms with Crippen LogP contribution >= 0.6 is 0 Å². The van der Waals surface area contributed by atoms with Crippen LogP contribution in [-0.4, -0.2) is 26.3 Å². The van der Waals surface area contributed by atoms with Crippen molar-refractivity contribution in [2.24, 2.45) is 0 Å². The van der Waals surface area contributed by atoms with Gasteiger partial charge >= 0.3 is 0 Å². The van der Waals surface area contributed by atoms with E-state index in [9.17, 15) is 13.2 Å². The molecule has 31 heavy (non-hydrogen) atoms. The van der Waals surface area contributed by atoms with E-state index < -0.39 is 10.0 Å². The smallest absolute Gasteiger partial charge is 0.262 e. The normalized spacial score (nSPS) is 11.3. The zero-order valence-corrected chi connectivity index (χ0v) is 19.4. The summed E-state index contributed by atoms with van der Waals surface area (Å²) in [6, 6.07) is 18.2. The van der Waals surface area contributed by atoms with Gasteiger partial charge in [0.05, 0.1) is 10.6 Å². The molecule has 162 valence electrons. The summed E-state index contributed by atoms with van der Waals surface area (Å²) in [5, 5.41) is 0. The van der Waals surface area contributed by atoms with Crippen LogP contribution in [0.5, 0.6) is 0 Å². The fourth-order valence-corrected chi connectivity index (χ4v) is 4.74. The third-order valence-electron chi connectivity index (χ3n) is 5.46. The van der Waals surface area contributed by atoms with E-state index in [-0.39, 0.29) is 10.8 Å². The summed E-state index contributed by atoms with van der Waals surface area (Å²) in [4.78, 5) is 14.7. The first kappa shape index (κ1) is 22.6. The van der Waals surface area contributed by atoms with Crippen LogP contribution in [0.2, 0.25) is 0 Å². The molecule has 6 heteroatoms. The second-order valence-electron chi connectivity index (χ2n) is 7.98. The number of nitrogens with one attached hydrogen (secondary N) is 1. The third kappa shape index (κ3) is 5.14. The Hall–Kier alpha value is -3.12. The topological polar surface area (TPSA) is 66.5 Å². The van der Waals surface area contributed by atoms with E-state index in [1.54, 1.807) is 37.1 Å². The largest absolute Gasteiger partial charge is 0.337 e. The van der Waals surface area contributed by atoms with Crippen LogP contribution in [0.25, 0.3) is 0 Å². The predicted octanol–water partition coefficient (Wildman–Crippen LogP) is 4.99. The van der Waals surface area contributed by atoms with Crippen LogP contribution in [0, 0.1) is 27.7 Å². The van der Waals surface area contributed by atoms with E-state index in [1.165, 1.54) is 6.07 Å². The molecule has 1 N–H and O–H groups in total. The van der Waals surface area contributed by atoms with E-state index in [2.05, 4.69) is 4.72 Å². The number of nitrogens with zero attached hydrogens (tertiary/aromatic N) is 1. The van der Waals surface area contributed by atoms with E-state index in [0.29, 0.717) is 23.4 Å². The standard InChI is InChI=1S/C25H28N2O3S/c1-17-9-12-21(13-10-17)16-27(5)25(28)22-14-11-19(3)24(15-22)31(29,30)26-23-8-6-7-18(2)20(23)4/h6-15,26H,16H2,1-5H3. The SMILES string of the molecule is Cc1ccc(CN(C)C(=O)c2ccc(C)c(S(=O)(=O)Nc3cccc(C)c3C)c2)cc1. The molecule has 0 aliphatic rings. The van der Waals surface area contributed by atoms with E-state index in [4.69, 9.17) is 0 Å². The summed E-state index contributed by atoms with van der Waals surface area (Å²) in [6.45, 7) is 7.98. The lowest BCUT2D eigenvalue weighted by Crippen LogP contribution is -2.26. The van der Waals surface area contributed by atoms with Crippen molar-refractivity contribution in [2.75, 3.05) is 11.8 Å². The van der Waals surface area contributed by atoms with E-state index >= 15 is 0 Å². The van der Waals surface area contributed by atoms with Crippen molar-refractivity contribution in [1.29, 1.82) is 0 Å². The molecule has 0 fully saturated rings. The summed E-state index contributed by atoms with van der Waals surface area (Å²) in [6.07, 6.45) is 0. The molecule has 0 atom stereocenters. The minimum atomic E-state index is -3.85. The Bertz CT molecular complexity index is 1220. The molecule has 0 saturated heterocycles. The molecule has 0 heterocycles. The highest BCUT2D eigenvalue weighted by molar-refractivity contribution is 7.92. The second kappa shape index (κ2) is 8.94. The lowest BCUT2D eigenvalue weighted by atomic mass is 10.1. The lowest BCUT2D eigenvalue weighted by Gasteiger charge is -2.19. The minimum absolute atomic E-state index is 0.1000. The Balaban J connectivity index is 1.87. The van der Waals surface area contributed by atoms with Gasteiger partial charge in [0.15, 0.2) is 0 Å². The lowest BCUT2D eigenvalue weighted by molar-refractivity contribution is 0.0785. The molecule has 0 unspecified atom stereocenters. The summed E-state index contributed by atoms with van der Waals surface area (Å²) >= 11 is 0. The number of benzene rings is 3. The Morgan fingerprint density at radius 2 is 1.58 bits per heavy atom. The van der Waals surface area contributed by atoms with Crippen molar-refractivity contribution in [2.45, 2.75) is 39.1 Å². The van der Waals surface area contributed by atoms with E-state index in [1.807, 2.05) is 57.2 Å². The van der Waals surface area contributed by atoms with Crippen LogP contribution < -0.4 is 4.72 Å². The van der Waals surface area contributed by atoms with Crippen molar-refractivity contribution in [1.82, 2.24) is 4.90 Å². The fraction of sp³-hybridized carbons (Fsp3) is 0.240. The maximum Gasteiger partial charge on any atom is 0.262 e. The van der Waals surface area contributed by atoms with Crippen molar-refractivity contribution in [3.8, 4) is 0 Å².